The molecule has 2 aromatic heterocycles. The van der Waals surface area contributed by atoms with Crippen LogP contribution < -0.4 is 5.32 Å². The number of anilines is 1. The van der Waals surface area contributed by atoms with Crippen molar-refractivity contribution in [1.29, 1.82) is 0 Å². The average molecular weight is 537 g/mol. The smallest absolute Gasteiger partial charge is 0.191 e. The zero-order chi connectivity index (χ0) is 38.0. The molecule has 0 amide bonds. The molecule has 0 radical (unpaired) electrons. The van der Waals surface area contributed by atoms with Crippen molar-refractivity contribution in [3.05, 3.63) is 35.3 Å². The number of thioether (sulfide) groups is 1. The number of aliphatic hydroxyl groups is 3. The lowest BCUT2D eigenvalue weighted by molar-refractivity contribution is -0.0629. The van der Waals surface area contributed by atoms with Crippen LogP contribution in [-0.2, 0) is 4.74 Å². The van der Waals surface area contributed by atoms with Crippen molar-refractivity contribution in [1.82, 2.24) is 25.0 Å². The van der Waals surface area contributed by atoms with E-state index in [1.165, 1.54) is 0 Å². The number of rotatable bonds is 10. The van der Waals surface area contributed by atoms with Crippen molar-refractivity contribution in [3.8, 4) is 0 Å². The number of hydrogen-bond donors (Lipinski definition) is 4. The predicted molar refractivity (Wildman–Crippen MR) is 128 cm³/mol. The molecule has 2 aliphatic rings. The fourth-order valence-electron chi connectivity index (χ4n) is 3.19. The van der Waals surface area contributed by atoms with Crippen LogP contribution in [-0.4, -0.2) is 83.5 Å². The van der Waals surface area contributed by atoms with Crippen LogP contribution in [0, 0.1) is 11.6 Å². The predicted octanol–water partition coefficient (Wildman–Crippen LogP) is 2.01. The Bertz CT molecular complexity index is 1860. The molecule has 13 heteroatoms. The lowest BCUT2D eigenvalue weighted by atomic mass is 10.1. The molecule has 2 heterocycles. The Balaban J connectivity index is 1.69. The molecule has 2 fully saturated rings. The van der Waals surface area contributed by atoms with Gasteiger partial charge in [0.05, 0.1) is 37.6 Å². The summed E-state index contributed by atoms with van der Waals surface area (Å²) in [6, 6.07) is -9.39. The minimum Gasteiger partial charge on any atom is -0.394 e. The molecule has 4 N–H and O–H groups in total. The Kier molecular flexibility index (Phi) is 3.90. The second-order valence-corrected chi connectivity index (χ2v) is 8.40. The highest BCUT2D eigenvalue weighted by Crippen LogP contribution is 2.44. The summed E-state index contributed by atoms with van der Waals surface area (Å²) in [6.45, 7) is -3.06. The summed E-state index contributed by atoms with van der Waals surface area (Å²) >= 11 is 0.938. The third kappa shape index (κ3) is 4.90. The number of hydrogen-bond acceptors (Lipinski definition) is 10. The van der Waals surface area contributed by atoms with Crippen LogP contribution in [0.15, 0.2) is 23.3 Å². The summed E-state index contributed by atoms with van der Waals surface area (Å²) < 4.78 is 149. The molecule has 0 bridgehead atoms. The Morgan fingerprint density at radius 1 is 1.31 bits per heavy atom. The van der Waals surface area contributed by atoms with Crippen LogP contribution in [0.1, 0.15) is 62.8 Å². The number of nitrogens with one attached hydrogen (secondary N) is 1. The molecule has 6 atom stereocenters. The van der Waals surface area contributed by atoms with Gasteiger partial charge in [-0.25, -0.2) is 23.4 Å². The largest absolute Gasteiger partial charge is 0.394 e. The van der Waals surface area contributed by atoms with Crippen molar-refractivity contribution in [2.75, 3.05) is 24.2 Å². The van der Waals surface area contributed by atoms with E-state index in [0.717, 1.165) is 11.8 Å². The zero-order valence-electron chi connectivity index (χ0n) is 32.3. The minimum atomic E-state index is -4.11. The van der Waals surface area contributed by atoms with E-state index < -0.39 is 114 Å². The molecule has 0 aliphatic heterocycles. The summed E-state index contributed by atoms with van der Waals surface area (Å²) in [5.74, 6) is -6.62. The average Bonchev–Trinajstić information content (AvgIpc) is 3.26. The maximum Gasteiger partial charge on any atom is 0.191 e. The van der Waals surface area contributed by atoms with Crippen LogP contribution >= 0.6 is 11.8 Å². The third-order valence-electron chi connectivity index (χ3n) is 4.88. The number of fused-ring (bicyclic) bond motifs is 1. The number of benzene rings is 1. The van der Waals surface area contributed by atoms with Crippen LogP contribution in [0.3, 0.4) is 0 Å². The molecule has 1 aromatic carbocycles. The molecule has 194 valence electrons. The summed E-state index contributed by atoms with van der Waals surface area (Å²) in [5, 5.41) is 41.3. The summed E-state index contributed by atoms with van der Waals surface area (Å²) in [4.78, 5) is 8.38. The highest BCUT2D eigenvalue weighted by Gasteiger charge is 2.45. The fraction of sp³-hybridized carbons (Fsp3) is 0.565. The van der Waals surface area contributed by atoms with Gasteiger partial charge in [0.15, 0.2) is 33.8 Å². The van der Waals surface area contributed by atoms with E-state index in [9.17, 15) is 24.1 Å². The monoisotopic (exact) mass is 536 g/mol. The van der Waals surface area contributed by atoms with Gasteiger partial charge in [0, 0.05) is 30.9 Å². The number of halogens is 2. The Morgan fingerprint density at radius 2 is 2.14 bits per heavy atom. The second kappa shape index (κ2) is 10.5. The Hall–Kier alpha value is -2.45. The molecule has 5 rings (SSSR count). The Morgan fingerprint density at radius 3 is 2.92 bits per heavy atom. The van der Waals surface area contributed by atoms with Gasteiger partial charge >= 0.3 is 0 Å². The third-order valence-corrected chi connectivity index (χ3v) is 5.94. The summed E-state index contributed by atoms with van der Waals surface area (Å²) in [5.41, 5.74) is -2.25. The molecule has 36 heavy (non-hydrogen) atoms. The number of nitrogens with zero attached hydrogens (tertiary/aromatic N) is 5. The van der Waals surface area contributed by atoms with E-state index in [1.807, 2.05) is 0 Å². The molecule has 10 nitrogen and oxygen atoms in total. The SMILES string of the molecule is [2H]c1c([2H])c(C2([2H])[C@@H](Nc3nc(SCCC)nc4c3nnn4[C@]3([2H])C([2H])([2H])[C@]([2H])(OCC([2H])([2H])O)[C@@]([2H])(O)[C@@]3([2H])O)C2([2H])[2H])c([2H])c(F)c1F. The highest BCUT2D eigenvalue weighted by molar-refractivity contribution is 7.99. The standard InChI is InChI=1S/C23H28F2N6O4S/c1-2-7-36-23-27-21(26-15-9-12(15)11-3-4-13(24)14(25)8-11)18-22(28-23)31(30-29-18)16-10-17(35-6-5-32)20(34)19(16)33/h3-4,8,12,15-17,19-20,32-34H,2,5-7,9-10H2,1H3,(H,26,27,28)/t12?,15-,16+,17-,19-,20+/m0/s1/i3D,4D,5D2,8D,9D2,10D2,12D,16D,17D,19D,20D. The summed E-state index contributed by atoms with van der Waals surface area (Å²) in [7, 11) is 0. The first-order chi connectivity index (χ1) is 22.6. The second-order valence-electron chi connectivity index (χ2n) is 7.34. The van der Waals surface area contributed by atoms with Crippen molar-refractivity contribution in [2.24, 2.45) is 0 Å². The molecule has 1 unspecified atom stereocenters. The van der Waals surface area contributed by atoms with Crippen LogP contribution in [0.25, 0.3) is 11.2 Å². The first-order valence-corrected chi connectivity index (χ1v) is 11.4. The zero-order valence-corrected chi connectivity index (χ0v) is 19.2. The normalized spacial score (nSPS) is 46.7. The van der Waals surface area contributed by atoms with Crippen LogP contribution in [0.5, 0.6) is 0 Å². The number of aromatic nitrogens is 5. The highest BCUT2D eigenvalue weighted by atomic mass is 32.2. The van der Waals surface area contributed by atoms with E-state index >= 15 is 0 Å². The maximum atomic E-state index is 14.5. The maximum absolute atomic E-state index is 14.5. The first-order valence-electron chi connectivity index (χ1n) is 17.4. The minimum absolute atomic E-state index is 0.131. The lowest BCUT2D eigenvalue weighted by Crippen LogP contribution is -2.33. The van der Waals surface area contributed by atoms with Gasteiger partial charge in [-0.1, -0.05) is 29.9 Å². The van der Waals surface area contributed by atoms with Crippen molar-refractivity contribution < 1.29 is 48.0 Å². The molecule has 2 aliphatic carbocycles. The fourth-order valence-corrected chi connectivity index (χ4v) is 3.88. The van der Waals surface area contributed by atoms with Gasteiger partial charge < -0.3 is 25.4 Å². The van der Waals surface area contributed by atoms with Gasteiger partial charge in [0.25, 0.3) is 0 Å². The molecule has 0 spiro atoms. The quantitative estimate of drug-likeness (QED) is 0.225. The van der Waals surface area contributed by atoms with E-state index in [4.69, 9.17) is 23.9 Å². The molecule has 2 saturated carbocycles. The van der Waals surface area contributed by atoms with Gasteiger partial charge in [-0.15, -0.1) is 5.10 Å². The summed E-state index contributed by atoms with van der Waals surface area (Å²) in [6.07, 6.45) is -18.2. The van der Waals surface area contributed by atoms with Crippen molar-refractivity contribution in [3.63, 3.8) is 0 Å². The molecular formula is C23H28F2N6O4S. The van der Waals surface area contributed by atoms with Crippen molar-refractivity contribution >= 4 is 28.7 Å². The van der Waals surface area contributed by atoms with Crippen LogP contribution in [0.4, 0.5) is 14.6 Å². The topological polar surface area (TPSA) is 138 Å². The van der Waals surface area contributed by atoms with Gasteiger partial charge in [0.2, 0.25) is 0 Å². The molecule has 3 aromatic rings. The van der Waals surface area contributed by atoms with E-state index in [-0.39, 0.29) is 9.84 Å². The van der Waals surface area contributed by atoms with E-state index in [2.05, 4.69) is 25.6 Å². The lowest BCUT2D eigenvalue weighted by Gasteiger charge is -2.17. The van der Waals surface area contributed by atoms with Crippen molar-refractivity contribution in [2.45, 2.75) is 67.4 Å². The van der Waals surface area contributed by atoms with Crippen LogP contribution in [0.2, 0.25) is 0 Å². The van der Waals surface area contributed by atoms with E-state index in [0.29, 0.717) is 12.2 Å². The first kappa shape index (κ1) is 13.4. The van der Waals surface area contributed by atoms with Gasteiger partial charge in [-0.05, 0) is 30.4 Å². The van der Waals surface area contributed by atoms with Gasteiger partial charge in [-0.2, -0.15) is 0 Å². The molecular weight excluding hydrogens is 494 g/mol. The van der Waals surface area contributed by atoms with Gasteiger partial charge in [0.1, 0.15) is 12.2 Å². The number of ether oxygens (including phenoxy) is 1. The molecule has 0 saturated heterocycles. The van der Waals surface area contributed by atoms with Gasteiger partial charge in [-0.3, -0.25) is 0 Å². The van der Waals surface area contributed by atoms with E-state index in [1.54, 1.807) is 6.92 Å². The Labute approximate surface area is 229 Å².